The molecule has 1 aromatic heterocycles. The molecule has 25 heavy (non-hydrogen) atoms. The number of aromatic nitrogens is 2. The molecule has 1 aromatic rings. The number of piperazine rings is 1. The van der Waals surface area contributed by atoms with Crippen molar-refractivity contribution in [1.29, 1.82) is 5.26 Å². The molecule has 2 aliphatic rings. The summed E-state index contributed by atoms with van der Waals surface area (Å²) in [6.07, 6.45) is -0.313. The van der Waals surface area contributed by atoms with Gasteiger partial charge in [0.1, 0.15) is 18.1 Å². The number of aromatic amines is 1. The number of hydrogen-bond donors (Lipinski definition) is 2. The molecule has 1 saturated heterocycles. The van der Waals surface area contributed by atoms with Gasteiger partial charge in [-0.3, -0.25) is 19.2 Å². The van der Waals surface area contributed by atoms with Crippen molar-refractivity contribution in [2.75, 3.05) is 49.1 Å². The Morgan fingerprint density at radius 2 is 1.92 bits per heavy atom. The van der Waals surface area contributed by atoms with E-state index >= 15 is 0 Å². The Balaban J connectivity index is 2.17. The summed E-state index contributed by atoms with van der Waals surface area (Å²) < 4.78 is 1.39. The van der Waals surface area contributed by atoms with Crippen LogP contribution < -0.4 is 26.4 Å². The van der Waals surface area contributed by atoms with Gasteiger partial charge in [-0.1, -0.05) is 5.92 Å². The van der Waals surface area contributed by atoms with Crippen LogP contribution in [0.3, 0.4) is 0 Å². The van der Waals surface area contributed by atoms with Crippen molar-refractivity contribution in [1.82, 2.24) is 19.8 Å². The molecule has 0 aliphatic carbocycles. The summed E-state index contributed by atoms with van der Waals surface area (Å²) in [6, 6.07) is 2.16. The van der Waals surface area contributed by atoms with Crippen molar-refractivity contribution in [2.24, 2.45) is 7.05 Å². The van der Waals surface area contributed by atoms with Gasteiger partial charge in [0.2, 0.25) is 0 Å². The van der Waals surface area contributed by atoms with Crippen LogP contribution in [0.2, 0.25) is 0 Å². The molecule has 1 unspecified atom stereocenters. The fourth-order valence-electron chi connectivity index (χ4n) is 3.44. The second-order valence-electron chi connectivity index (χ2n) is 5.96. The van der Waals surface area contributed by atoms with E-state index in [0.717, 1.165) is 26.2 Å². The number of nitriles is 1. The molecular formula is C16H21N7O2. The number of rotatable bonds is 3. The zero-order valence-corrected chi connectivity index (χ0v) is 14.4. The molecular weight excluding hydrogens is 322 g/mol. The first-order valence-electron chi connectivity index (χ1n) is 8.18. The molecule has 0 spiro atoms. The van der Waals surface area contributed by atoms with Crippen molar-refractivity contribution >= 4 is 11.5 Å². The third kappa shape index (κ3) is 2.88. The third-order valence-electron chi connectivity index (χ3n) is 4.53. The number of fused-ring (bicyclic) bond motifs is 1. The van der Waals surface area contributed by atoms with Crippen molar-refractivity contribution in [3.63, 3.8) is 0 Å². The SMILES string of the molecule is CC#CCN1c2c(n(C)c(=O)[nH]c2=O)N(CC#N)C1N1CCNCC1. The zero-order valence-electron chi connectivity index (χ0n) is 14.4. The van der Waals surface area contributed by atoms with Gasteiger partial charge in [-0.2, -0.15) is 5.26 Å². The molecule has 3 heterocycles. The second kappa shape index (κ2) is 7.01. The first-order valence-corrected chi connectivity index (χ1v) is 8.18. The quantitative estimate of drug-likeness (QED) is 0.505. The lowest BCUT2D eigenvalue weighted by Gasteiger charge is -2.41. The Kier molecular flexibility index (Phi) is 4.79. The predicted octanol–water partition coefficient (Wildman–Crippen LogP) is -1.56. The molecule has 2 N–H and O–H groups in total. The number of hydrogen-bond acceptors (Lipinski definition) is 7. The highest BCUT2D eigenvalue weighted by atomic mass is 16.2. The maximum atomic E-state index is 12.5. The van der Waals surface area contributed by atoms with Gasteiger partial charge in [-0.05, 0) is 6.92 Å². The Labute approximate surface area is 145 Å². The fraction of sp³-hybridized carbons (Fsp3) is 0.562. The summed E-state index contributed by atoms with van der Waals surface area (Å²) in [5, 5.41) is 12.6. The minimum absolute atomic E-state index is 0.0778. The lowest BCUT2D eigenvalue weighted by Crippen LogP contribution is -2.60. The summed E-state index contributed by atoms with van der Waals surface area (Å²) >= 11 is 0. The van der Waals surface area contributed by atoms with Crippen molar-refractivity contribution in [2.45, 2.75) is 13.2 Å². The van der Waals surface area contributed by atoms with Gasteiger partial charge in [0, 0.05) is 33.2 Å². The van der Waals surface area contributed by atoms with Crippen LogP contribution >= 0.6 is 0 Å². The minimum atomic E-state index is -0.492. The van der Waals surface area contributed by atoms with Crippen LogP contribution in [0.1, 0.15) is 6.92 Å². The van der Waals surface area contributed by atoms with Gasteiger partial charge in [0.25, 0.3) is 5.56 Å². The van der Waals surface area contributed by atoms with E-state index in [1.54, 1.807) is 14.0 Å². The lowest BCUT2D eigenvalue weighted by molar-refractivity contribution is 0.171. The van der Waals surface area contributed by atoms with Gasteiger partial charge in [0.05, 0.1) is 12.6 Å². The van der Waals surface area contributed by atoms with Gasteiger partial charge < -0.3 is 15.1 Å². The van der Waals surface area contributed by atoms with Crippen LogP contribution in [0.4, 0.5) is 11.5 Å². The summed E-state index contributed by atoms with van der Waals surface area (Å²) in [7, 11) is 1.60. The second-order valence-corrected chi connectivity index (χ2v) is 5.96. The zero-order chi connectivity index (χ0) is 18.0. The van der Waals surface area contributed by atoms with Crippen LogP contribution in [0, 0.1) is 23.2 Å². The average Bonchev–Trinajstić information content (AvgIpc) is 2.93. The first-order chi connectivity index (χ1) is 12.1. The lowest BCUT2D eigenvalue weighted by atomic mass is 10.3. The van der Waals surface area contributed by atoms with E-state index in [0.29, 0.717) is 18.1 Å². The largest absolute Gasteiger partial charge is 0.329 e. The van der Waals surface area contributed by atoms with Crippen molar-refractivity contribution < 1.29 is 0 Å². The van der Waals surface area contributed by atoms with Crippen LogP contribution in [0.5, 0.6) is 0 Å². The standard InChI is InChI=1S/C16H21N7O2/c1-3-4-8-22-12-13(24)19-15(25)20(2)14(12)23(9-5-17)16(22)21-10-6-18-7-11-21/h16,18H,6-11H2,1-2H3,(H,19,24,25). The Hall–Kier alpha value is -2.75. The van der Waals surface area contributed by atoms with E-state index in [9.17, 15) is 14.9 Å². The summed E-state index contributed by atoms with van der Waals surface area (Å²) in [5.41, 5.74) is -0.547. The smallest absolute Gasteiger partial charge is 0.320 e. The molecule has 9 nitrogen and oxygen atoms in total. The maximum absolute atomic E-state index is 12.5. The van der Waals surface area contributed by atoms with Crippen LogP contribution in [-0.2, 0) is 7.05 Å². The predicted molar refractivity (Wildman–Crippen MR) is 94.3 cm³/mol. The van der Waals surface area contributed by atoms with Gasteiger partial charge in [0.15, 0.2) is 6.29 Å². The van der Waals surface area contributed by atoms with Crippen LogP contribution in [-0.4, -0.2) is 60.0 Å². The highest BCUT2D eigenvalue weighted by Crippen LogP contribution is 2.36. The molecule has 1 atom stereocenters. The summed E-state index contributed by atoms with van der Waals surface area (Å²) in [5.74, 6) is 6.33. The number of anilines is 2. The van der Waals surface area contributed by atoms with E-state index in [1.807, 2.05) is 9.80 Å². The molecule has 0 saturated carbocycles. The van der Waals surface area contributed by atoms with E-state index in [1.165, 1.54) is 4.57 Å². The first kappa shape index (κ1) is 17.1. The molecule has 132 valence electrons. The monoisotopic (exact) mass is 343 g/mol. The number of nitrogens with one attached hydrogen (secondary N) is 2. The van der Waals surface area contributed by atoms with Gasteiger partial charge >= 0.3 is 5.69 Å². The maximum Gasteiger partial charge on any atom is 0.329 e. The Bertz CT molecular complexity index is 864. The van der Waals surface area contributed by atoms with Crippen LogP contribution in [0.25, 0.3) is 0 Å². The van der Waals surface area contributed by atoms with E-state index in [-0.39, 0.29) is 12.8 Å². The molecule has 0 aromatic carbocycles. The highest BCUT2D eigenvalue weighted by Gasteiger charge is 2.43. The topological polar surface area (TPSA) is 100 Å². The summed E-state index contributed by atoms with van der Waals surface area (Å²) in [6.45, 7) is 5.39. The summed E-state index contributed by atoms with van der Waals surface area (Å²) in [4.78, 5) is 32.9. The van der Waals surface area contributed by atoms with Crippen molar-refractivity contribution in [3.05, 3.63) is 20.8 Å². The molecule has 2 aliphatic heterocycles. The average molecular weight is 343 g/mol. The van der Waals surface area contributed by atoms with Crippen LogP contribution in [0.15, 0.2) is 9.59 Å². The Morgan fingerprint density at radius 3 is 2.56 bits per heavy atom. The molecule has 1 fully saturated rings. The molecule has 0 amide bonds. The molecule has 3 rings (SSSR count). The Morgan fingerprint density at radius 1 is 1.20 bits per heavy atom. The normalized spacial score (nSPS) is 20.0. The number of H-pyrrole nitrogens is 1. The van der Waals surface area contributed by atoms with E-state index in [2.05, 4.69) is 33.1 Å². The highest BCUT2D eigenvalue weighted by molar-refractivity contribution is 5.74. The molecule has 0 radical (unpaired) electrons. The third-order valence-corrected chi connectivity index (χ3v) is 4.53. The molecule has 0 bridgehead atoms. The fourth-order valence-corrected chi connectivity index (χ4v) is 3.44. The van der Waals surface area contributed by atoms with E-state index in [4.69, 9.17) is 0 Å². The molecule has 9 heteroatoms. The minimum Gasteiger partial charge on any atom is -0.320 e. The van der Waals surface area contributed by atoms with E-state index < -0.39 is 11.2 Å². The number of nitrogens with zero attached hydrogens (tertiary/aromatic N) is 5. The van der Waals surface area contributed by atoms with Gasteiger partial charge in [-0.15, -0.1) is 5.92 Å². The van der Waals surface area contributed by atoms with Crippen molar-refractivity contribution in [3.8, 4) is 17.9 Å². The van der Waals surface area contributed by atoms with Gasteiger partial charge in [-0.25, -0.2) is 4.79 Å².